The molecule has 4 nitrogen and oxygen atoms in total. The Morgan fingerprint density at radius 3 is 3.19 bits per heavy atom. The van der Waals surface area contributed by atoms with Gasteiger partial charge in [0.1, 0.15) is 24.7 Å². The van der Waals surface area contributed by atoms with Gasteiger partial charge in [0.25, 0.3) is 5.91 Å². The van der Waals surface area contributed by atoms with Crippen LogP contribution in [-0.4, -0.2) is 32.8 Å². The van der Waals surface area contributed by atoms with Gasteiger partial charge in [-0.15, -0.1) is 0 Å². The fraction of sp³-hybridized carbons (Fsp3) is 0.364. The van der Waals surface area contributed by atoms with Gasteiger partial charge in [-0.3, -0.25) is 4.79 Å². The predicted octanol–water partition coefficient (Wildman–Crippen LogP) is 1.20. The number of benzene rings is 1. The quantitative estimate of drug-likeness (QED) is 0.759. The van der Waals surface area contributed by atoms with Crippen molar-refractivity contribution in [2.24, 2.45) is 0 Å². The lowest BCUT2D eigenvalue weighted by atomic mass is 10.2. The molecule has 2 rings (SSSR count). The minimum Gasteiger partial charge on any atom is -0.489 e. The first-order valence-electron chi connectivity index (χ1n) is 4.94. The van der Waals surface area contributed by atoms with Gasteiger partial charge in [-0.05, 0) is 12.1 Å². The van der Waals surface area contributed by atoms with E-state index in [4.69, 9.17) is 9.47 Å². The maximum absolute atomic E-state index is 13.6. The van der Waals surface area contributed by atoms with E-state index in [1.54, 1.807) is 12.1 Å². The third kappa shape index (κ3) is 1.86. The van der Waals surface area contributed by atoms with Gasteiger partial charge in [-0.2, -0.15) is 0 Å². The smallest absolute Gasteiger partial charge is 0.253 e. The Balaban J connectivity index is 2.35. The highest BCUT2D eigenvalue weighted by atomic mass is 19.1. The van der Waals surface area contributed by atoms with Crippen LogP contribution in [0.25, 0.3) is 0 Å². The van der Waals surface area contributed by atoms with E-state index in [1.807, 2.05) is 0 Å². The lowest BCUT2D eigenvalue weighted by Gasteiger charge is -2.29. The van der Waals surface area contributed by atoms with Crippen LogP contribution in [0.15, 0.2) is 18.2 Å². The zero-order chi connectivity index (χ0) is 11.5. The SMILES string of the molecule is COCC(=O)N1CCOc2cccc(F)c21. The van der Waals surface area contributed by atoms with E-state index in [0.717, 1.165) is 0 Å². The van der Waals surface area contributed by atoms with Gasteiger partial charge in [0, 0.05) is 7.11 Å². The standard InChI is InChI=1S/C11H12FNO3/c1-15-7-10(14)13-5-6-16-9-4-2-3-8(12)11(9)13/h2-4H,5-7H2,1H3. The van der Waals surface area contributed by atoms with Gasteiger partial charge in [0.05, 0.1) is 6.54 Å². The first-order chi connectivity index (χ1) is 7.74. The average molecular weight is 225 g/mol. The van der Waals surface area contributed by atoms with E-state index in [-0.39, 0.29) is 18.2 Å². The Bertz CT molecular complexity index is 408. The molecule has 0 fully saturated rings. The lowest BCUT2D eigenvalue weighted by molar-refractivity contribution is -0.122. The number of methoxy groups -OCH3 is 1. The minimum atomic E-state index is -0.457. The molecule has 0 radical (unpaired) electrons. The molecule has 0 spiro atoms. The summed E-state index contributed by atoms with van der Waals surface area (Å²) in [6, 6.07) is 4.50. The van der Waals surface area contributed by atoms with Crippen molar-refractivity contribution >= 4 is 11.6 Å². The molecule has 0 atom stereocenters. The van der Waals surface area contributed by atoms with Gasteiger partial charge < -0.3 is 14.4 Å². The fourth-order valence-electron chi connectivity index (χ4n) is 1.68. The Labute approximate surface area is 92.6 Å². The number of nitrogens with zero attached hydrogens (tertiary/aromatic N) is 1. The topological polar surface area (TPSA) is 38.8 Å². The number of para-hydroxylation sites is 1. The first kappa shape index (κ1) is 10.9. The number of hydrogen-bond acceptors (Lipinski definition) is 3. The summed E-state index contributed by atoms with van der Waals surface area (Å²) in [5.74, 6) is -0.325. The van der Waals surface area contributed by atoms with Crippen molar-refractivity contribution in [3.63, 3.8) is 0 Å². The third-order valence-electron chi connectivity index (χ3n) is 2.36. The van der Waals surface area contributed by atoms with Crippen molar-refractivity contribution in [2.75, 3.05) is 31.8 Å². The molecule has 1 aromatic rings. The van der Waals surface area contributed by atoms with Crippen LogP contribution in [0.5, 0.6) is 5.75 Å². The lowest BCUT2D eigenvalue weighted by Crippen LogP contribution is -2.40. The van der Waals surface area contributed by atoms with Gasteiger partial charge >= 0.3 is 0 Å². The average Bonchev–Trinajstić information content (AvgIpc) is 2.29. The largest absolute Gasteiger partial charge is 0.489 e. The second-order valence-corrected chi connectivity index (χ2v) is 3.41. The highest BCUT2D eigenvalue weighted by Crippen LogP contribution is 2.33. The Morgan fingerprint density at radius 1 is 1.62 bits per heavy atom. The van der Waals surface area contributed by atoms with E-state index >= 15 is 0 Å². The van der Waals surface area contributed by atoms with Gasteiger partial charge in [0.15, 0.2) is 5.82 Å². The molecule has 0 saturated heterocycles. The second kappa shape index (κ2) is 4.49. The number of rotatable bonds is 2. The molecule has 0 saturated carbocycles. The van der Waals surface area contributed by atoms with Crippen molar-refractivity contribution < 1.29 is 18.7 Å². The van der Waals surface area contributed by atoms with Crippen molar-refractivity contribution in [3.8, 4) is 5.75 Å². The van der Waals surface area contributed by atoms with Crippen LogP contribution in [-0.2, 0) is 9.53 Å². The molecule has 1 amide bonds. The summed E-state index contributed by atoms with van der Waals surface area (Å²) in [5, 5.41) is 0. The van der Waals surface area contributed by atoms with E-state index in [1.165, 1.54) is 18.1 Å². The first-order valence-corrected chi connectivity index (χ1v) is 4.94. The molecule has 0 bridgehead atoms. The van der Waals surface area contributed by atoms with Crippen molar-refractivity contribution in [1.82, 2.24) is 0 Å². The maximum Gasteiger partial charge on any atom is 0.253 e. The number of hydrogen-bond donors (Lipinski definition) is 0. The van der Waals surface area contributed by atoms with Crippen LogP contribution in [0.2, 0.25) is 0 Å². The number of halogens is 1. The summed E-state index contributed by atoms with van der Waals surface area (Å²) in [7, 11) is 1.43. The molecule has 1 aliphatic heterocycles. The monoisotopic (exact) mass is 225 g/mol. The van der Waals surface area contributed by atoms with Gasteiger partial charge in [-0.1, -0.05) is 6.07 Å². The predicted molar refractivity (Wildman–Crippen MR) is 56.1 cm³/mol. The summed E-state index contributed by atoms with van der Waals surface area (Å²) >= 11 is 0. The molecule has 1 heterocycles. The van der Waals surface area contributed by atoms with E-state index < -0.39 is 5.82 Å². The number of amides is 1. The van der Waals surface area contributed by atoms with Gasteiger partial charge in [-0.25, -0.2) is 4.39 Å². The normalized spacial score (nSPS) is 14.2. The zero-order valence-electron chi connectivity index (χ0n) is 8.90. The molecule has 16 heavy (non-hydrogen) atoms. The molecule has 0 aliphatic carbocycles. The Morgan fingerprint density at radius 2 is 2.44 bits per heavy atom. The van der Waals surface area contributed by atoms with Crippen LogP contribution in [0.4, 0.5) is 10.1 Å². The highest BCUT2D eigenvalue weighted by Gasteiger charge is 2.26. The van der Waals surface area contributed by atoms with Crippen LogP contribution < -0.4 is 9.64 Å². The second-order valence-electron chi connectivity index (χ2n) is 3.41. The third-order valence-corrected chi connectivity index (χ3v) is 2.36. The summed E-state index contributed by atoms with van der Waals surface area (Å²) in [6.07, 6.45) is 0. The van der Waals surface area contributed by atoms with E-state index in [9.17, 15) is 9.18 Å². The number of anilines is 1. The minimum absolute atomic E-state index is 0.0617. The molecule has 0 N–H and O–H groups in total. The number of ether oxygens (including phenoxy) is 2. The van der Waals surface area contributed by atoms with Crippen molar-refractivity contribution in [1.29, 1.82) is 0 Å². The Hall–Kier alpha value is -1.62. The summed E-state index contributed by atoms with van der Waals surface area (Å²) in [4.78, 5) is 13.1. The molecule has 0 unspecified atom stereocenters. The van der Waals surface area contributed by atoms with E-state index in [2.05, 4.69) is 0 Å². The van der Waals surface area contributed by atoms with Crippen LogP contribution in [0.3, 0.4) is 0 Å². The van der Waals surface area contributed by atoms with Gasteiger partial charge in [0.2, 0.25) is 0 Å². The summed E-state index contributed by atoms with van der Waals surface area (Å²) < 4.78 is 23.7. The van der Waals surface area contributed by atoms with Crippen molar-refractivity contribution in [2.45, 2.75) is 0 Å². The van der Waals surface area contributed by atoms with Crippen LogP contribution in [0, 0.1) is 5.82 Å². The highest BCUT2D eigenvalue weighted by molar-refractivity contribution is 5.96. The summed E-state index contributed by atoms with van der Waals surface area (Å²) in [6.45, 7) is 0.649. The molecule has 1 aromatic carbocycles. The molecule has 0 aromatic heterocycles. The van der Waals surface area contributed by atoms with E-state index in [0.29, 0.717) is 18.9 Å². The molecular formula is C11H12FNO3. The number of carbonyl (C=O) groups excluding carboxylic acids is 1. The van der Waals surface area contributed by atoms with Crippen LogP contribution in [0.1, 0.15) is 0 Å². The Kier molecular flexibility index (Phi) is 3.05. The van der Waals surface area contributed by atoms with Crippen LogP contribution >= 0.6 is 0 Å². The zero-order valence-corrected chi connectivity index (χ0v) is 8.90. The summed E-state index contributed by atoms with van der Waals surface area (Å²) in [5.41, 5.74) is 0.204. The molecule has 1 aliphatic rings. The number of carbonyl (C=O) groups is 1. The van der Waals surface area contributed by atoms with Crippen molar-refractivity contribution in [3.05, 3.63) is 24.0 Å². The maximum atomic E-state index is 13.6. The fourth-order valence-corrected chi connectivity index (χ4v) is 1.68. The molecular weight excluding hydrogens is 213 g/mol. The molecule has 5 heteroatoms. The number of fused-ring (bicyclic) bond motifs is 1. The molecule has 86 valence electrons.